The fourth-order valence-electron chi connectivity index (χ4n) is 1.36. The number of halogens is 3. The molecule has 0 fully saturated rings. The fourth-order valence-corrected chi connectivity index (χ4v) is 1.36. The van der Waals surface area contributed by atoms with Crippen LogP contribution in [-0.4, -0.2) is 6.18 Å². The molecule has 0 aromatic carbocycles. The maximum atomic E-state index is 12.2. The molecular formula is C11H13F3. The summed E-state index contributed by atoms with van der Waals surface area (Å²) in [6, 6.07) is 0. The van der Waals surface area contributed by atoms with Crippen LogP contribution >= 0.6 is 0 Å². The molecule has 1 aliphatic rings. The molecule has 78 valence electrons. The molecule has 0 heterocycles. The second-order valence-electron chi connectivity index (χ2n) is 3.95. The van der Waals surface area contributed by atoms with Gasteiger partial charge in [0.2, 0.25) is 0 Å². The van der Waals surface area contributed by atoms with Crippen LogP contribution in [0.4, 0.5) is 13.2 Å². The van der Waals surface area contributed by atoms with Crippen molar-refractivity contribution in [1.82, 2.24) is 0 Å². The molecule has 0 aromatic rings. The third kappa shape index (κ3) is 3.05. The highest BCUT2D eigenvalue weighted by Gasteiger charge is 2.33. The smallest absolute Gasteiger partial charge is 0.171 e. The van der Waals surface area contributed by atoms with Gasteiger partial charge in [0.15, 0.2) is 0 Å². The minimum absolute atomic E-state index is 0.398. The first kappa shape index (κ1) is 11.1. The summed E-state index contributed by atoms with van der Waals surface area (Å²) in [5.74, 6) is 0. The van der Waals surface area contributed by atoms with Crippen LogP contribution in [0.15, 0.2) is 36.0 Å². The second kappa shape index (κ2) is 3.64. The van der Waals surface area contributed by atoms with Crippen molar-refractivity contribution in [3.8, 4) is 0 Å². The first-order chi connectivity index (χ1) is 6.31. The Morgan fingerprint density at radius 2 is 1.79 bits per heavy atom. The van der Waals surface area contributed by atoms with Gasteiger partial charge in [-0.25, -0.2) is 0 Å². The molecule has 0 bridgehead atoms. The van der Waals surface area contributed by atoms with Gasteiger partial charge in [0.05, 0.1) is 6.42 Å². The van der Waals surface area contributed by atoms with Crippen LogP contribution in [0.2, 0.25) is 0 Å². The van der Waals surface area contributed by atoms with Crippen LogP contribution in [0.25, 0.3) is 0 Å². The highest BCUT2D eigenvalue weighted by atomic mass is 19.4. The van der Waals surface area contributed by atoms with Crippen molar-refractivity contribution in [1.29, 1.82) is 0 Å². The van der Waals surface area contributed by atoms with Crippen molar-refractivity contribution in [3.05, 3.63) is 36.0 Å². The lowest BCUT2D eigenvalue weighted by molar-refractivity contribution is -0.128. The van der Waals surface area contributed by atoms with Crippen LogP contribution in [0.5, 0.6) is 0 Å². The lowest BCUT2D eigenvalue weighted by Crippen LogP contribution is -2.18. The third-order valence-electron chi connectivity index (χ3n) is 2.25. The molecule has 0 N–H and O–H groups in total. The molecule has 0 aromatic heterocycles. The van der Waals surface area contributed by atoms with E-state index in [1.165, 1.54) is 0 Å². The zero-order chi connectivity index (χ0) is 10.8. The molecule has 1 rings (SSSR count). The summed E-state index contributed by atoms with van der Waals surface area (Å²) in [5.41, 5.74) is -0.117. The SMILES string of the molecule is CC1(C)C=CC=CC=C1CC(F)(F)F. The lowest BCUT2D eigenvalue weighted by atomic mass is 9.82. The van der Waals surface area contributed by atoms with Gasteiger partial charge in [-0.1, -0.05) is 49.8 Å². The van der Waals surface area contributed by atoms with Gasteiger partial charge in [0.1, 0.15) is 0 Å². The zero-order valence-electron chi connectivity index (χ0n) is 8.23. The van der Waals surface area contributed by atoms with Gasteiger partial charge in [-0.15, -0.1) is 0 Å². The quantitative estimate of drug-likeness (QED) is 0.602. The second-order valence-corrected chi connectivity index (χ2v) is 3.95. The molecule has 0 unspecified atom stereocenters. The molecule has 0 saturated heterocycles. The molecule has 0 nitrogen and oxygen atoms in total. The molecule has 14 heavy (non-hydrogen) atoms. The first-order valence-corrected chi connectivity index (χ1v) is 4.43. The van der Waals surface area contributed by atoms with E-state index in [-0.39, 0.29) is 0 Å². The molecule has 0 spiro atoms. The Hall–Kier alpha value is -0.990. The maximum absolute atomic E-state index is 12.2. The van der Waals surface area contributed by atoms with E-state index in [1.807, 2.05) is 0 Å². The predicted octanol–water partition coefficient (Wildman–Crippen LogP) is 4.02. The average molecular weight is 202 g/mol. The third-order valence-corrected chi connectivity index (χ3v) is 2.25. The Kier molecular flexibility index (Phi) is 2.88. The predicted molar refractivity (Wildman–Crippen MR) is 50.8 cm³/mol. The van der Waals surface area contributed by atoms with E-state index < -0.39 is 18.0 Å². The Balaban J connectivity index is 2.90. The topological polar surface area (TPSA) is 0 Å². The van der Waals surface area contributed by atoms with Gasteiger partial charge in [0.25, 0.3) is 0 Å². The number of hydrogen-bond donors (Lipinski definition) is 0. The molecule has 0 radical (unpaired) electrons. The van der Waals surface area contributed by atoms with Crippen LogP contribution in [0.1, 0.15) is 20.3 Å². The van der Waals surface area contributed by atoms with Crippen LogP contribution in [-0.2, 0) is 0 Å². The van der Waals surface area contributed by atoms with Crippen LogP contribution in [0.3, 0.4) is 0 Å². The molecule has 0 amide bonds. The largest absolute Gasteiger partial charge is 0.392 e. The van der Waals surface area contributed by atoms with E-state index in [1.54, 1.807) is 44.2 Å². The molecule has 1 aliphatic carbocycles. The number of rotatable bonds is 1. The van der Waals surface area contributed by atoms with Gasteiger partial charge < -0.3 is 0 Å². The number of hydrogen-bond acceptors (Lipinski definition) is 0. The van der Waals surface area contributed by atoms with Gasteiger partial charge in [0, 0.05) is 5.41 Å². The van der Waals surface area contributed by atoms with Gasteiger partial charge in [-0.05, 0) is 0 Å². The summed E-state index contributed by atoms with van der Waals surface area (Å²) in [7, 11) is 0. The van der Waals surface area contributed by atoms with E-state index in [0.29, 0.717) is 5.57 Å². The van der Waals surface area contributed by atoms with Crippen molar-refractivity contribution < 1.29 is 13.2 Å². The highest BCUT2D eigenvalue weighted by Crippen LogP contribution is 2.37. The van der Waals surface area contributed by atoms with Crippen molar-refractivity contribution in [2.24, 2.45) is 5.41 Å². The van der Waals surface area contributed by atoms with Crippen molar-refractivity contribution >= 4 is 0 Å². The van der Waals surface area contributed by atoms with E-state index in [0.717, 1.165) is 0 Å². The summed E-state index contributed by atoms with van der Waals surface area (Å²) in [6.07, 6.45) is 3.53. The summed E-state index contributed by atoms with van der Waals surface area (Å²) in [5, 5.41) is 0. The van der Waals surface area contributed by atoms with Crippen molar-refractivity contribution in [2.45, 2.75) is 26.4 Å². The summed E-state index contributed by atoms with van der Waals surface area (Å²) in [4.78, 5) is 0. The Labute approximate surface area is 81.8 Å². The van der Waals surface area contributed by atoms with Gasteiger partial charge in [-0.3, -0.25) is 0 Å². The Bertz CT molecular complexity index is 290. The van der Waals surface area contributed by atoms with Crippen LogP contribution in [0, 0.1) is 5.41 Å². The zero-order valence-corrected chi connectivity index (χ0v) is 8.23. The fraction of sp³-hybridized carbons (Fsp3) is 0.455. The normalized spacial score (nSPS) is 20.5. The number of allylic oxidation sites excluding steroid dienone is 6. The molecular weight excluding hydrogens is 189 g/mol. The van der Waals surface area contributed by atoms with E-state index in [2.05, 4.69) is 0 Å². The monoisotopic (exact) mass is 202 g/mol. The van der Waals surface area contributed by atoms with E-state index in [9.17, 15) is 13.2 Å². The van der Waals surface area contributed by atoms with E-state index >= 15 is 0 Å². The molecule has 3 heteroatoms. The molecule has 0 atom stereocenters. The maximum Gasteiger partial charge on any atom is 0.392 e. The lowest BCUT2D eigenvalue weighted by Gasteiger charge is -2.24. The van der Waals surface area contributed by atoms with Gasteiger partial charge in [-0.2, -0.15) is 13.2 Å². The highest BCUT2D eigenvalue weighted by molar-refractivity contribution is 5.30. The minimum Gasteiger partial charge on any atom is -0.171 e. The summed E-state index contributed by atoms with van der Waals surface area (Å²) >= 11 is 0. The number of alkyl halides is 3. The Morgan fingerprint density at radius 1 is 1.14 bits per heavy atom. The molecule has 0 aliphatic heterocycles. The Morgan fingerprint density at radius 3 is 2.36 bits per heavy atom. The summed E-state index contributed by atoms with van der Waals surface area (Å²) in [6.45, 7) is 3.57. The van der Waals surface area contributed by atoms with Crippen LogP contribution < -0.4 is 0 Å². The average Bonchev–Trinajstić information content (AvgIpc) is 2.11. The standard InChI is InChI=1S/C11H13F3/c1-10(2)7-5-3-4-6-9(10)8-11(12,13)14/h3-7H,8H2,1-2H3. The summed E-state index contributed by atoms with van der Waals surface area (Å²) < 4.78 is 36.7. The van der Waals surface area contributed by atoms with Crippen molar-refractivity contribution in [3.63, 3.8) is 0 Å². The molecule has 0 saturated carbocycles. The first-order valence-electron chi connectivity index (χ1n) is 4.43. The minimum atomic E-state index is -4.13. The van der Waals surface area contributed by atoms with Crippen molar-refractivity contribution in [2.75, 3.05) is 0 Å². The van der Waals surface area contributed by atoms with Gasteiger partial charge >= 0.3 is 6.18 Å². The van der Waals surface area contributed by atoms with E-state index in [4.69, 9.17) is 0 Å².